The number of aromatic nitrogens is 4. The Kier molecular flexibility index (Phi) is 5.32. The molecule has 0 spiro atoms. The van der Waals surface area contributed by atoms with Crippen molar-refractivity contribution in [3.8, 4) is 0 Å². The number of aryl methyl sites for hydroxylation is 2. The summed E-state index contributed by atoms with van der Waals surface area (Å²) < 4.78 is 1.89. The van der Waals surface area contributed by atoms with Crippen molar-refractivity contribution < 1.29 is 4.79 Å². The van der Waals surface area contributed by atoms with Crippen LogP contribution in [0.4, 0.5) is 11.5 Å². The number of fused-ring (bicyclic) bond motifs is 3. The van der Waals surface area contributed by atoms with Crippen molar-refractivity contribution in [1.82, 2.24) is 19.7 Å². The van der Waals surface area contributed by atoms with Crippen LogP contribution < -0.4 is 9.80 Å². The standard InChI is InChI=1S/C22H22Cl2N6O/c1-28-19-11-25-20(27-21(19)30-8-2-3-18(30)22(28)31)7-5-15-10-26-29(13-15)12-14-4-6-16(23)17(24)9-14/h4,6,9-11,13,18H,2-3,5,7-8,12H2,1H3/t18-/m0/s1. The van der Waals surface area contributed by atoms with E-state index in [0.29, 0.717) is 23.0 Å². The molecule has 0 saturated carbocycles. The van der Waals surface area contributed by atoms with Crippen LogP contribution in [0.2, 0.25) is 10.0 Å². The first-order chi connectivity index (χ1) is 15.0. The second-order valence-electron chi connectivity index (χ2n) is 8.04. The number of hydrogen-bond acceptors (Lipinski definition) is 5. The first-order valence-corrected chi connectivity index (χ1v) is 11.1. The van der Waals surface area contributed by atoms with Crippen LogP contribution in [-0.2, 0) is 24.2 Å². The fourth-order valence-corrected chi connectivity index (χ4v) is 4.61. The van der Waals surface area contributed by atoms with E-state index >= 15 is 0 Å². The molecule has 2 aromatic heterocycles. The van der Waals surface area contributed by atoms with E-state index in [2.05, 4.69) is 15.0 Å². The number of rotatable bonds is 5. The van der Waals surface area contributed by atoms with E-state index in [9.17, 15) is 4.79 Å². The molecule has 1 aromatic carbocycles. The molecule has 3 aromatic rings. The molecule has 160 valence electrons. The second kappa shape index (κ2) is 8.13. The first kappa shape index (κ1) is 20.3. The Balaban J connectivity index is 1.27. The maximum absolute atomic E-state index is 12.5. The highest BCUT2D eigenvalue weighted by molar-refractivity contribution is 6.42. The molecule has 7 nitrogen and oxygen atoms in total. The van der Waals surface area contributed by atoms with Gasteiger partial charge in [0.2, 0.25) is 5.91 Å². The van der Waals surface area contributed by atoms with Crippen LogP contribution in [0, 0.1) is 0 Å². The molecule has 1 fully saturated rings. The van der Waals surface area contributed by atoms with Crippen LogP contribution in [0.5, 0.6) is 0 Å². The largest absolute Gasteiger partial charge is 0.343 e. The minimum absolute atomic E-state index is 0.0835. The lowest BCUT2D eigenvalue weighted by atomic mass is 10.1. The molecule has 2 aliphatic rings. The molecule has 9 heteroatoms. The Morgan fingerprint density at radius 3 is 2.84 bits per heavy atom. The molecule has 0 unspecified atom stereocenters. The van der Waals surface area contributed by atoms with Gasteiger partial charge < -0.3 is 9.80 Å². The van der Waals surface area contributed by atoms with E-state index in [4.69, 9.17) is 28.2 Å². The summed E-state index contributed by atoms with van der Waals surface area (Å²) in [5, 5.41) is 5.55. The number of nitrogens with zero attached hydrogens (tertiary/aromatic N) is 6. The summed E-state index contributed by atoms with van der Waals surface area (Å²) in [5.41, 5.74) is 2.95. The third-order valence-corrected chi connectivity index (χ3v) is 6.69. The quantitative estimate of drug-likeness (QED) is 0.584. The lowest BCUT2D eigenvalue weighted by molar-refractivity contribution is -0.119. The average Bonchev–Trinajstić information content (AvgIpc) is 3.43. The number of anilines is 2. The highest BCUT2D eigenvalue weighted by Crippen LogP contribution is 2.37. The number of carbonyl (C=O) groups excluding carboxylic acids is 1. The summed E-state index contributed by atoms with van der Waals surface area (Å²) in [6.07, 6.45) is 9.09. The maximum Gasteiger partial charge on any atom is 0.249 e. The lowest BCUT2D eigenvalue weighted by Gasteiger charge is -2.36. The van der Waals surface area contributed by atoms with Crippen LogP contribution in [0.3, 0.4) is 0 Å². The molecule has 31 heavy (non-hydrogen) atoms. The first-order valence-electron chi connectivity index (χ1n) is 10.3. The zero-order chi connectivity index (χ0) is 21.5. The van der Waals surface area contributed by atoms with Gasteiger partial charge in [-0.2, -0.15) is 5.10 Å². The third-order valence-electron chi connectivity index (χ3n) is 5.95. The molecule has 0 bridgehead atoms. The van der Waals surface area contributed by atoms with Crippen molar-refractivity contribution in [3.63, 3.8) is 0 Å². The Labute approximate surface area is 190 Å². The third kappa shape index (κ3) is 3.88. The number of carbonyl (C=O) groups is 1. The summed E-state index contributed by atoms with van der Waals surface area (Å²) in [5.74, 6) is 1.80. The monoisotopic (exact) mass is 456 g/mol. The Morgan fingerprint density at radius 1 is 1.13 bits per heavy atom. The number of benzene rings is 1. The highest BCUT2D eigenvalue weighted by Gasteiger charge is 2.40. The van der Waals surface area contributed by atoms with Gasteiger partial charge in [-0.05, 0) is 42.5 Å². The Morgan fingerprint density at radius 2 is 2.00 bits per heavy atom. The van der Waals surface area contributed by atoms with E-state index in [1.165, 1.54) is 0 Å². The molecular weight excluding hydrogens is 435 g/mol. The van der Waals surface area contributed by atoms with Gasteiger partial charge >= 0.3 is 0 Å². The lowest BCUT2D eigenvalue weighted by Crippen LogP contribution is -2.49. The molecule has 0 aliphatic carbocycles. The van der Waals surface area contributed by atoms with E-state index in [1.54, 1.807) is 17.2 Å². The molecule has 0 radical (unpaired) electrons. The van der Waals surface area contributed by atoms with Gasteiger partial charge in [0.1, 0.15) is 17.6 Å². The van der Waals surface area contributed by atoms with Gasteiger partial charge in [0.15, 0.2) is 5.82 Å². The average molecular weight is 457 g/mol. The Bertz CT molecular complexity index is 1150. The molecule has 1 saturated heterocycles. The van der Waals surface area contributed by atoms with E-state index in [-0.39, 0.29) is 11.9 Å². The van der Waals surface area contributed by atoms with Crippen molar-refractivity contribution in [3.05, 3.63) is 63.8 Å². The molecule has 1 atom stereocenters. The molecule has 5 rings (SSSR count). The van der Waals surface area contributed by atoms with Crippen LogP contribution in [0.15, 0.2) is 36.8 Å². The Hall–Kier alpha value is -2.64. The van der Waals surface area contributed by atoms with E-state index < -0.39 is 0 Å². The topological polar surface area (TPSA) is 67.2 Å². The van der Waals surface area contributed by atoms with Crippen molar-refractivity contribution >= 4 is 40.6 Å². The molecule has 0 N–H and O–H groups in total. The highest BCUT2D eigenvalue weighted by atomic mass is 35.5. The van der Waals surface area contributed by atoms with Crippen LogP contribution >= 0.6 is 23.2 Å². The predicted molar refractivity (Wildman–Crippen MR) is 121 cm³/mol. The van der Waals surface area contributed by atoms with Gasteiger partial charge in [-0.1, -0.05) is 29.3 Å². The number of hydrogen-bond donors (Lipinski definition) is 0. The van der Waals surface area contributed by atoms with Crippen molar-refractivity contribution in [2.24, 2.45) is 0 Å². The van der Waals surface area contributed by atoms with E-state index in [0.717, 1.165) is 54.3 Å². The fourth-order valence-electron chi connectivity index (χ4n) is 4.29. The van der Waals surface area contributed by atoms with Crippen molar-refractivity contribution in [2.45, 2.75) is 38.3 Å². The smallest absolute Gasteiger partial charge is 0.249 e. The van der Waals surface area contributed by atoms with Crippen molar-refractivity contribution in [2.75, 3.05) is 23.4 Å². The number of halogens is 2. The van der Waals surface area contributed by atoms with Crippen LogP contribution in [0.25, 0.3) is 0 Å². The maximum atomic E-state index is 12.5. The zero-order valence-corrected chi connectivity index (χ0v) is 18.6. The SMILES string of the molecule is CN1C(=O)[C@@H]2CCCN2c2nc(CCc3cnn(Cc4ccc(Cl)c(Cl)c4)c3)ncc21. The summed E-state index contributed by atoms with van der Waals surface area (Å²) in [7, 11) is 1.81. The van der Waals surface area contributed by atoms with Gasteiger partial charge in [-0.3, -0.25) is 9.48 Å². The predicted octanol–water partition coefficient (Wildman–Crippen LogP) is 3.76. The minimum atomic E-state index is -0.0835. The minimum Gasteiger partial charge on any atom is -0.343 e. The van der Waals surface area contributed by atoms with Gasteiger partial charge in [0, 0.05) is 26.2 Å². The van der Waals surface area contributed by atoms with Crippen molar-refractivity contribution in [1.29, 1.82) is 0 Å². The molecule has 4 heterocycles. The normalized spacial score (nSPS) is 17.8. The second-order valence-corrected chi connectivity index (χ2v) is 8.85. The number of amides is 1. The van der Waals surface area contributed by atoms with Gasteiger partial charge in [0.25, 0.3) is 0 Å². The van der Waals surface area contributed by atoms with Gasteiger partial charge in [-0.25, -0.2) is 9.97 Å². The summed E-state index contributed by atoms with van der Waals surface area (Å²) in [6, 6.07) is 5.52. The van der Waals surface area contributed by atoms with Crippen LogP contribution in [-0.4, -0.2) is 45.3 Å². The summed E-state index contributed by atoms with van der Waals surface area (Å²) in [6.45, 7) is 1.50. The van der Waals surface area contributed by atoms with Gasteiger partial charge in [-0.15, -0.1) is 0 Å². The summed E-state index contributed by atoms with van der Waals surface area (Å²) >= 11 is 12.1. The van der Waals surface area contributed by atoms with Gasteiger partial charge in [0.05, 0.1) is 29.0 Å². The molecule has 1 amide bonds. The summed E-state index contributed by atoms with van der Waals surface area (Å²) in [4.78, 5) is 25.7. The zero-order valence-electron chi connectivity index (χ0n) is 17.1. The van der Waals surface area contributed by atoms with Crippen LogP contribution in [0.1, 0.15) is 29.8 Å². The van der Waals surface area contributed by atoms with E-state index in [1.807, 2.05) is 36.3 Å². The molecule has 2 aliphatic heterocycles. The fraction of sp³-hybridized carbons (Fsp3) is 0.364. The number of likely N-dealkylation sites (N-methyl/N-ethyl adjacent to an activating group) is 1. The molecular formula is C22H22Cl2N6O.